The zero-order valence-corrected chi connectivity index (χ0v) is 17.0. The fourth-order valence-electron chi connectivity index (χ4n) is 2.76. The monoisotopic (exact) mass is 431 g/mol. The molecular weight excluding hydrogens is 411 g/mol. The summed E-state index contributed by atoms with van der Waals surface area (Å²) in [4.78, 5) is 18.0. The van der Waals surface area contributed by atoms with E-state index in [0.717, 1.165) is 11.6 Å². The molecule has 0 atom stereocenters. The number of non-ortho nitro benzene ring substituents is 1. The Bertz CT molecular complexity index is 1090. The zero-order chi connectivity index (χ0) is 22.8. The predicted octanol–water partition coefficient (Wildman–Crippen LogP) is 6.19. The molecule has 0 aliphatic carbocycles. The first-order valence-corrected chi connectivity index (χ1v) is 9.27. The van der Waals surface area contributed by atoms with Crippen molar-refractivity contribution in [2.24, 2.45) is 0 Å². The minimum absolute atomic E-state index is 0.0429. The molecule has 0 spiro atoms. The summed E-state index contributed by atoms with van der Waals surface area (Å²) in [5, 5.41) is 16.3. The van der Waals surface area contributed by atoms with E-state index in [-0.39, 0.29) is 22.7 Å². The van der Waals surface area contributed by atoms with E-state index in [9.17, 15) is 23.3 Å². The van der Waals surface area contributed by atoms with Gasteiger partial charge in [-0.15, -0.1) is 0 Å². The first-order chi connectivity index (χ1) is 14.4. The Morgan fingerprint density at radius 2 is 1.65 bits per heavy atom. The summed E-state index contributed by atoms with van der Waals surface area (Å²) < 4.78 is 40.3. The molecule has 0 amide bonds. The van der Waals surface area contributed by atoms with Gasteiger partial charge in [0.15, 0.2) is 0 Å². The van der Waals surface area contributed by atoms with E-state index in [4.69, 9.17) is 0 Å². The first-order valence-electron chi connectivity index (χ1n) is 9.27. The van der Waals surface area contributed by atoms with Crippen molar-refractivity contribution in [3.8, 4) is 0 Å². The van der Waals surface area contributed by atoms with Gasteiger partial charge in [0.05, 0.1) is 4.92 Å². The molecule has 0 unspecified atom stereocenters. The van der Waals surface area contributed by atoms with Crippen molar-refractivity contribution in [1.29, 1.82) is 0 Å². The number of nitrogens with one attached hydrogen (secondary N) is 2. The standard InChI is InChI=1S/C21H20F3N5O2/c1-20(2,3)13-7-9-14(10-8-13)27-19-25-12-17(21(22,23)24)18(28-19)26-15-5-4-6-16(11-15)29(30)31/h4-12H,1-3H3,(H2,25,26,27,28). The van der Waals surface area contributed by atoms with E-state index in [0.29, 0.717) is 11.9 Å². The summed E-state index contributed by atoms with van der Waals surface area (Å²) in [6, 6.07) is 12.5. The first kappa shape index (κ1) is 22.0. The van der Waals surface area contributed by atoms with E-state index in [1.54, 1.807) is 12.1 Å². The minimum atomic E-state index is -4.71. The normalized spacial score (nSPS) is 11.8. The van der Waals surface area contributed by atoms with Gasteiger partial charge in [-0.05, 0) is 29.2 Å². The molecule has 31 heavy (non-hydrogen) atoms. The van der Waals surface area contributed by atoms with Crippen molar-refractivity contribution in [1.82, 2.24) is 9.97 Å². The molecule has 0 saturated heterocycles. The maximum atomic E-state index is 13.4. The highest BCUT2D eigenvalue weighted by Gasteiger charge is 2.35. The smallest absolute Gasteiger partial charge is 0.339 e. The second kappa shape index (κ2) is 8.21. The second-order valence-corrected chi connectivity index (χ2v) is 7.84. The summed E-state index contributed by atoms with van der Waals surface area (Å²) in [5.41, 5.74) is 0.406. The SMILES string of the molecule is CC(C)(C)c1ccc(Nc2ncc(C(F)(F)F)c(Nc3cccc([N+](=O)[O-])c3)n2)cc1. The Morgan fingerprint density at radius 3 is 2.23 bits per heavy atom. The number of rotatable bonds is 5. The van der Waals surface area contributed by atoms with Crippen LogP contribution in [-0.4, -0.2) is 14.9 Å². The third-order valence-electron chi connectivity index (χ3n) is 4.42. The summed E-state index contributed by atoms with van der Waals surface area (Å²) in [6.07, 6.45) is -4.05. The van der Waals surface area contributed by atoms with Gasteiger partial charge in [-0.1, -0.05) is 39.0 Å². The highest BCUT2D eigenvalue weighted by molar-refractivity contribution is 5.64. The lowest BCUT2D eigenvalue weighted by atomic mass is 9.87. The minimum Gasteiger partial charge on any atom is -0.339 e. The fourth-order valence-corrected chi connectivity index (χ4v) is 2.76. The highest BCUT2D eigenvalue weighted by atomic mass is 19.4. The number of halogens is 3. The number of nitrogens with zero attached hydrogens (tertiary/aromatic N) is 3. The van der Waals surface area contributed by atoms with Gasteiger partial charge >= 0.3 is 6.18 Å². The van der Waals surface area contributed by atoms with Crippen molar-refractivity contribution < 1.29 is 18.1 Å². The van der Waals surface area contributed by atoms with Crippen LogP contribution in [0.4, 0.5) is 42.0 Å². The quantitative estimate of drug-likeness (QED) is 0.370. The number of aromatic nitrogens is 2. The Morgan fingerprint density at radius 1 is 0.968 bits per heavy atom. The van der Waals surface area contributed by atoms with Crippen molar-refractivity contribution in [3.63, 3.8) is 0 Å². The summed E-state index contributed by atoms with van der Waals surface area (Å²) in [7, 11) is 0. The van der Waals surface area contributed by atoms with Crippen molar-refractivity contribution >= 4 is 28.8 Å². The number of nitro groups is 1. The van der Waals surface area contributed by atoms with E-state index in [2.05, 4.69) is 41.4 Å². The molecule has 0 aliphatic heterocycles. The van der Waals surface area contributed by atoms with Crippen LogP contribution in [-0.2, 0) is 11.6 Å². The molecule has 0 bridgehead atoms. The molecule has 2 N–H and O–H groups in total. The molecule has 1 aromatic heterocycles. The van der Waals surface area contributed by atoms with E-state index in [1.807, 2.05) is 12.1 Å². The number of benzene rings is 2. The number of hydrogen-bond acceptors (Lipinski definition) is 6. The Hall–Kier alpha value is -3.69. The number of alkyl halides is 3. The molecule has 0 radical (unpaired) electrons. The van der Waals surface area contributed by atoms with Gasteiger partial charge in [0.1, 0.15) is 11.4 Å². The topological polar surface area (TPSA) is 93.0 Å². The lowest BCUT2D eigenvalue weighted by Crippen LogP contribution is -2.13. The van der Waals surface area contributed by atoms with E-state index in [1.165, 1.54) is 18.2 Å². The fraction of sp³-hybridized carbons (Fsp3) is 0.238. The summed E-state index contributed by atoms with van der Waals surface area (Å²) in [6.45, 7) is 6.21. The van der Waals surface area contributed by atoms with Crippen LogP contribution < -0.4 is 10.6 Å². The summed E-state index contributed by atoms with van der Waals surface area (Å²) >= 11 is 0. The molecule has 3 rings (SSSR count). The van der Waals surface area contributed by atoms with Crippen LogP contribution in [0.15, 0.2) is 54.7 Å². The average molecular weight is 431 g/mol. The van der Waals surface area contributed by atoms with Gasteiger partial charge in [-0.3, -0.25) is 10.1 Å². The molecule has 0 aliphatic rings. The Kier molecular flexibility index (Phi) is 5.83. The van der Waals surface area contributed by atoms with Crippen LogP contribution in [0.5, 0.6) is 0 Å². The lowest BCUT2D eigenvalue weighted by Gasteiger charge is -2.19. The summed E-state index contributed by atoms with van der Waals surface area (Å²) in [5.74, 6) is -0.568. The van der Waals surface area contributed by atoms with Gasteiger partial charge in [0.25, 0.3) is 5.69 Å². The van der Waals surface area contributed by atoms with Crippen molar-refractivity contribution in [2.75, 3.05) is 10.6 Å². The number of hydrogen-bond donors (Lipinski definition) is 2. The molecule has 162 valence electrons. The van der Waals surface area contributed by atoms with Crippen molar-refractivity contribution in [3.05, 3.63) is 76.0 Å². The van der Waals surface area contributed by atoms with Gasteiger partial charge in [-0.2, -0.15) is 18.2 Å². The van der Waals surface area contributed by atoms with E-state index >= 15 is 0 Å². The molecule has 2 aromatic carbocycles. The van der Waals surface area contributed by atoms with Crippen LogP contribution in [0.25, 0.3) is 0 Å². The van der Waals surface area contributed by atoms with Gasteiger partial charge in [0.2, 0.25) is 5.95 Å². The molecular formula is C21H20F3N5O2. The Balaban J connectivity index is 1.92. The third kappa shape index (κ3) is 5.47. The maximum Gasteiger partial charge on any atom is 0.421 e. The zero-order valence-electron chi connectivity index (χ0n) is 17.0. The molecule has 1 heterocycles. The molecule has 10 heteroatoms. The van der Waals surface area contributed by atoms with Crippen LogP contribution in [0.1, 0.15) is 31.9 Å². The second-order valence-electron chi connectivity index (χ2n) is 7.84. The van der Waals surface area contributed by atoms with E-state index < -0.39 is 22.5 Å². The maximum absolute atomic E-state index is 13.4. The van der Waals surface area contributed by atoms with Crippen LogP contribution in [0.2, 0.25) is 0 Å². The van der Waals surface area contributed by atoms with Crippen LogP contribution >= 0.6 is 0 Å². The average Bonchev–Trinajstić information content (AvgIpc) is 2.67. The third-order valence-corrected chi connectivity index (χ3v) is 4.42. The van der Waals surface area contributed by atoms with Gasteiger partial charge < -0.3 is 10.6 Å². The lowest BCUT2D eigenvalue weighted by molar-refractivity contribution is -0.384. The number of nitro benzene ring substituents is 1. The molecule has 7 nitrogen and oxygen atoms in total. The largest absolute Gasteiger partial charge is 0.421 e. The van der Waals surface area contributed by atoms with Crippen LogP contribution in [0, 0.1) is 10.1 Å². The molecule has 3 aromatic rings. The van der Waals surface area contributed by atoms with Crippen molar-refractivity contribution in [2.45, 2.75) is 32.4 Å². The highest BCUT2D eigenvalue weighted by Crippen LogP contribution is 2.36. The molecule has 0 fully saturated rings. The predicted molar refractivity (Wildman–Crippen MR) is 112 cm³/mol. The Labute approximate surface area is 176 Å². The van der Waals surface area contributed by atoms with Gasteiger partial charge in [0, 0.05) is 29.7 Å². The number of anilines is 4. The molecule has 0 saturated carbocycles. The van der Waals surface area contributed by atoms with Crippen LogP contribution in [0.3, 0.4) is 0 Å². The van der Waals surface area contributed by atoms with Gasteiger partial charge in [-0.25, -0.2) is 4.98 Å².